The minimum absolute atomic E-state index is 0.0268. The fraction of sp³-hybridized carbons (Fsp3) is 0.467. The highest BCUT2D eigenvalue weighted by molar-refractivity contribution is 5.84. The number of nitrogens with one attached hydrogen (secondary N) is 1. The quantitative estimate of drug-likeness (QED) is 0.896. The van der Waals surface area contributed by atoms with E-state index in [1.54, 1.807) is 11.9 Å². The van der Waals surface area contributed by atoms with E-state index in [1.165, 1.54) is 0 Å². The van der Waals surface area contributed by atoms with Gasteiger partial charge in [0.15, 0.2) is 0 Å². The number of amides is 2. The molecule has 1 fully saturated rings. The van der Waals surface area contributed by atoms with Gasteiger partial charge in [0.1, 0.15) is 0 Å². The molecule has 1 aromatic carbocycles. The molecule has 1 aliphatic heterocycles. The Balaban J connectivity index is 1.93. The van der Waals surface area contributed by atoms with Crippen molar-refractivity contribution in [3.05, 3.63) is 35.9 Å². The number of carbonyl (C=O) groups is 2. The Kier molecular flexibility index (Phi) is 4.20. The minimum atomic E-state index is -0.163. The van der Waals surface area contributed by atoms with Crippen LogP contribution in [0, 0.1) is 0 Å². The van der Waals surface area contributed by atoms with Crippen LogP contribution in [0.5, 0.6) is 0 Å². The molecule has 0 spiro atoms. The van der Waals surface area contributed by atoms with Crippen LogP contribution in [-0.4, -0.2) is 36.3 Å². The van der Waals surface area contributed by atoms with Crippen molar-refractivity contribution in [1.82, 2.24) is 10.2 Å². The van der Waals surface area contributed by atoms with E-state index >= 15 is 0 Å². The summed E-state index contributed by atoms with van der Waals surface area (Å²) < 4.78 is 0. The number of benzene rings is 1. The van der Waals surface area contributed by atoms with Crippen molar-refractivity contribution in [2.75, 3.05) is 13.6 Å². The lowest BCUT2D eigenvalue weighted by molar-refractivity contribution is -0.134. The van der Waals surface area contributed by atoms with Crippen LogP contribution in [0.4, 0.5) is 0 Å². The van der Waals surface area contributed by atoms with Gasteiger partial charge in [-0.25, -0.2) is 0 Å². The van der Waals surface area contributed by atoms with Crippen LogP contribution in [0.1, 0.15) is 31.2 Å². The van der Waals surface area contributed by atoms with Crippen molar-refractivity contribution in [1.29, 1.82) is 0 Å². The summed E-state index contributed by atoms with van der Waals surface area (Å²) in [5.41, 5.74) is 1.01. The third kappa shape index (κ3) is 3.34. The van der Waals surface area contributed by atoms with Crippen molar-refractivity contribution in [3.63, 3.8) is 0 Å². The van der Waals surface area contributed by atoms with E-state index < -0.39 is 0 Å². The van der Waals surface area contributed by atoms with Crippen LogP contribution in [0.2, 0.25) is 0 Å². The average Bonchev–Trinajstić information content (AvgIpc) is 2.43. The molecule has 0 aliphatic carbocycles. The summed E-state index contributed by atoms with van der Waals surface area (Å²) in [6, 6.07) is 9.80. The molecule has 0 saturated carbocycles. The summed E-state index contributed by atoms with van der Waals surface area (Å²) in [6.45, 7) is 2.51. The maximum Gasteiger partial charge on any atom is 0.227 e. The zero-order chi connectivity index (χ0) is 13.8. The number of nitrogens with zero attached hydrogens (tertiary/aromatic N) is 1. The van der Waals surface area contributed by atoms with Gasteiger partial charge in [0.05, 0.1) is 5.92 Å². The molecule has 102 valence electrons. The highest BCUT2D eigenvalue weighted by Gasteiger charge is 2.25. The summed E-state index contributed by atoms with van der Waals surface area (Å²) in [7, 11) is 1.78. The van der Waals surface area contributed by atoms with Crippen molar-refractivity contribution in [3.8, 4) is 0 Å². The van der Waals surface area contributed by atoms with Gasteiger partial charge in [-0.3, -0.25) is 9.59 Å². The highest BCUT2D eigenvalue weighted by Crippen LogP contribution is 2.16. The molecule has 4 nitrogen and oxygen atoms in total. The Bertz CT molecular complexity index is 458. The van der Waals surface area contributed by atoms with Crippen LogP contribution < -0.4 is 5.32 Å². The standard InChI is InChI=1S/C15H20N2O2/c1-11(12-6-4-3-5-7-12)15(19)16-13-8-9-14(18)17(2)10-13/h3-7,11,13H,8-10H2,1-2H3,(H,16,19). The maximum atomic E-state index is 12.2. The van der Waals surface area contributed by atoms with E-state index in [-0.39, 0.29) is 23.8 Å². The summed E-state index contributed by atoms with van der Waals surface area (Å²) in [5.74, 6) is 0.0182. The molecule has 2 atom stereocenters. The normalized spacial score (nSPS) is 21.1. The van der Waals surface area contributed by atoms with Gasteiger partial charge in [0.25, 0.3) is 0 Å². The SMILES string of the molecule is CC(C(=O)NC1CCC(=O)N(C)C1)c1ccccc1. The Labute approximate surface area is 113 Å². The third-order valence-electron chi connectivity index (χ3n) is 3.67. The zero-order valence-electron chi connectivity index (χ0n) is 11.4. The minimum Gasteiger partial charge on any atom is -0.351 e. The second-order valence-corrected chi connectivity index (χ2v) is 5.15. The van der Waals surface area contributed by atoms with Crippen molar-refractivity contribution in [2.24, 2.45) is 0 Å². The Morgan fingerprint density at radius 1 is 1.37 bits per heavy atom. The first-order chi connectivity index (χ1) is 9.08. The van der Waals surface area contributed by atoms with Gasteiger partial charge < -0.3 is 10.2 Å². The first kappa shape index (κ1) is 13.6. The third-order valence-corrected chi connectivity index (χ3v) is 3.67. The van der Waals surface area contributed by atoms with E-state index in [0.717, 1.165) is 12.0 Å². The lowest BCUT2D eigenvalue weighted by atomic mass is 9.99. The summed E-state index contributed by atoms with van der Waals surface area (Å²) in [4.78, 5) is 25.3. The Morgan fingerprint density at radius 3 is 2.68 bits per heavy atom. The molecular formula is C15H20N2O2. The van der Waals surface area contributed by atoms with E-state index in [4.69, 9.17) is 0 Å². The predicted molar refractivity (Wildman–Crippen MR) is 73.7 cm³/mol. The molecule has 1 aromatic rings. The summed E-state index contributed by atoms with van der Waals surface area (Å²) in [6.07, 6.45) is 1.25. The molecule has 0 bridgehead atoms. The van der Waals surface area contributed by atoms with Crippen LogP contribution in [0.15, 0.2) is 30.3 Å². The molecule has 1 saturated heterocycles. The molecule has 1 N–H and O–H groups in total. The molecule has 2 rings (SSSR count). The van der Waals surface area contributed by atoms with E-state index in [9.17, 15) is 9.59 Å². The van der Waals surface area contributed by atoms with Gasteiger partial charge in [-0.05, 0) is 18.9 Å². The predicted octanol–water partition coefficient (Wildman–Crippen LogP) is 1.53. The second kappa shape index (κ2) is 5.87. The largest absolute Gasteiger partial charge is 0.351 e. The number of rotatable bonds is 3. The maximum absolute atomic E-state index is 12.2. The smallest absolute Gasteiger partial charge is 0.227 e. The zero-order valence-corrected chi connectivity index (χ0v) is 11.4. The molecule has 1 aliphatic rings. The number of likely N-dealkylation sites (N-methyl/N-ethyl adjacent to an activating group) is 1. The number of hydrogen-bond acceptors (Lipinski definition) is 2. The van der Waals surface area contributed by atoms with Crippen LogP contribution in [0.3, 0.4) is 0 Å². The molecule has 19 heavy (non-hydrogen) atoms. The van der Waals surface area contributed by atoms with Crippen molar-refractivity contribution in [2.45, 2.75) is 31.7 Å². The van der Waals surface area contributed by atoms with Crippen molar-refractivity contribution >= 4 is 11.8 Å². The number of likely N-dealkylation sites (tertiary alicyclic amines) is 1. The van der Waals surface area contributed by atoms with Crippen LogP contribution >= 0.6 is 0 Å². The summed E-state index contributed by atoms with van der Waals surface area (Å²) in [5, 5.41) is 3.04. The van der Waals surface area contributed by atoms with Crippen LogP contribution in [0.25, 0.3) is 0 Å². The van der Waals surface area contributed by atoms with Gasteiger partial charge in [-0.1, -0.05) is 30.3 Å². The van der Waals surface area contributed by atoms with Gasteiger partial charge >= 0.3 is 0 Å². The number of hydrogen-bond donors (Lipinski definition) is 1. The Morgan fingerprint density at radius 2 is 2.05 bits per heavy atom. The first-order valence-corrected chi connectivity index (χ1v) is 6.67. The van der Waals surface area contributed by atoms with E-state index in [1.807, 2.05) is 37.3 Å². The second-order valence-electron chi connectivity index (χ2n) is 5.15. The van der Waals surface area contributed by atoms with Gasteiger partial charge in [0.2, 0.25) is 11.8 Å². The van der Waals surface area contributed by atoms with Gasteiger partial charge in [-0.2, -0.15) is 0 Å². The lowest BCUT2D eigenvalue weighted by Gasteiger charge is -2.30. The first-order valence-electron chi connectivity index (χ1n) is 6.67. The fourth-order valence-electron chi connectivity index (χ4n) is 2.35. The molecule has 0 radical (unpaired) electrons. The van der Waals surface area contributed by atoms with Crippen LogP contribution in [-0.2, 0) is 9.59 Å². The molecular weight excluding hydrogens is 240 g/mol. The number of piperidine rings is 1. The highest BCUT2D eigenvalue weighted by atomic mass is 16.2. The average molecular weight is 260 g/mol. The van der Waals surface area contributed by atoms with Gasteiger partial charge in [-0.15, -0.1) is 0 Å². The monoisotopic (exact) mass is 260 g/mol. The molecule has 1 heterocycles. The fourth-order valence-corrected chi connectivity index (χ4v) is 2.35. The molecule has 0 aromatic heterocycles. The van der Waals surface area contributed by atoms with E-state index in [2.05, 4.69) is 5.32 Å². The number of carbonyl (C=O) groups excluding carboxylic acids is 2. The molecule has 4 heteroatoms. The molecule has 2 amide bonds. The van der Waals surface area contributed by atoms with Crippen molar-refractivity contribution < 1.29 is 9.59 Å². The molecule has 2 unspecified atom stereocenters. The lowest BCUT2D eigenvalue weighted by Crippen LogP contribution is -2.49. The Hall–Kier alpha value is -1.84. The van der Waals surface area contributed by atoms with Gasteiger partial charge in [0, 0.05) is 26.1 Å². The topological polar surface area (TPSA) is 49.4 Å². The summed E-state index contributed by atoms with van der Waals surface area (Å²) >= 11 is 0. The van der Waals surface area contributed by atoms with E-state index in [0.29, 0.717) is 13.0 Å².